The zero-order chi connectivity index (χ0) is 13.8. The molecule has 0 radical (unpaired) electrons. The number of nitrogen functional groups attached to an aromatic ring is 1. The number of aliphatic imine (C=N–C) groups is 1. The number of hydrogen-bond acceptors (Lipinski definition) is 6. The molecule has 2 N–H and O–H groups in total. The molecule has 98 valence electrons. The van der Waals surface area contributed by atoms with E-state index in [4.69, 9.17) is 5.73 Å². The highest BCUT2D eigenvalue weighted by Gasteiger charge is 2.04. The van der Waals surface area contributed by atoms with Gasteiger partial charge in [-0.25, -0.2) is 0 Å². The number of nitrogens with zero attached hydrogens (tertiary/aromatic N) is 4. The van der Waals surface area contributed by atoms with Crippen LogP contribution in [0.15, 0.2) is 53.8 Å². The van der Waals surface area contributed by atoms with Crippen molar-refractivity contribution in [3.63, 3.8) is 0 Å². The third kappa shape index (κ3) is 2.86. The molecule has 0 fully saturated rings. The van der Waals surface area contributed by atoms with Crippen LogP contribution in [-0.2, 0) is 0 Å². The topological polar surface area (TPSA) is 77.0 Å². The van der Waals surface area contributed by atoms with Crippen LogP contribution in [0.1, 0.15) is 5.56 Å². The predicted molar refractivity (Wildman–Crippen MR) is 81.2 cm³/mol. The second kappa shape index (κ2) is 5.58. The van der Waals surface area contributed by atoms with Gasteiger partial charge in [0.1, 0.15) is 5.01 Å². The lowest BCUT2D eigenvalue weighted by molar-refractivity contribution is 1.10. The maximum Gasteiger partial charge on any atom is 0.203 e. The van der Waals surface area contributed by atoms with Gasteiger partial charge in [0.2, 0.25) is 5.13 Å². The van der Waals surface area contributed by atoms with Gasteiger partial charge in [0.15, 0.2) is 0 Å². The molecule has 0 aliphatic heterocycles. The molecule has 0 unspecified atom stereocenters. The van der Waals surface area contributed by atoms with Gasteiger partial charge in [0, 0.05) is 24.2 Å². The van der Waals surface area contributed by atoms with Gasteiger partial charge in [-0.3, -0.25) is 9.98 Å². The quantitative estimate of drug-likeness (QED) is 0.749. The van der Waals surface area contributed by atoms with Crippen molar-refractivity contribution in [2.75, 3.05) is 5.73 Å². The molecule has 2 heterocycles. The highest BCUT2D eigenvalue weighted by atomic mass is 32.1. The van der Waals surface area contributed by atoms with Crippen LogP contribution in [0.4, 0.5) is 10.8 Å². The van der Waals surface area contributed by atoms with Gasteiger partial charge in [-0.2, -0.15) is 0 Å². The SMILES string of the molecule is Nc1nnc(-c2cccc(N=Cc3ccncc3)c2)s1. The fourth-order valence-electron chi connectivity index (χ4n) is 1.67. The first-order valence-electron chi connectivity index (χ1n) is 5.95. The molecule has 0 atom stereocenters. The van der Waals surface area contributed by atoms with Crippen molar-refractivity contribution in [1.82, 2.24) is 15.2 Å². The van der Waals surface area contributed by atoms with Gasteiger partial charge in [-0.1, -0.05) is 23.5 Å². The predicted octanol–water partition coefficient (Wildman–Crippen LogP) is 2.93. The third-order valence-electron chi connectivity index (χ3n) is 2.60. The summed E-state index contributed by atoms with van der Waals surface area (Å²) in [5.74, 6) is 0. The second-order valence-corrected chi connectivity index (χ2v) is 5.04. The van der Waals surface area contributed by atoms with Crippen LogP contribution in [0.5, 0.6) is 0 Å². The summed E-state index contributed by atoms with van der Waals surface area (Å²) in [6, 6.07) is 11.6. The standard InChI is InChI=1S/C14H11N5S/c15-14-19-18-13(20-14)11-2-1-3-12(8-11)17-9-10-4-6-16-7-5-10/h1-9H,(H2,15,19). The monoisotopic (exact) mass is 281 g/mol. The number of nitrogens with two attached hydrogens (primary N) is 1. The van der Waals surface area contributed by atoms with Crippen LogP contribution in [0.25, 0.3) is 10.6 Å². The summed E-state index contributed by atoms with van der Waals surface area (Å²) < 4.78 is 0. The maximum atomic E-state index is 5.60. The van der Waals surface area contributed by atoms with Crippen molar-refractivity contribution < 1.29 is 0 Å². The Hall–Kier alpha value is -2.60. The van der Waals surface area contributed by atoms with E-state index in [1.165, 1.54) is 11.3 Å². The Morgan fingerprint density at radius 1 is 1.10 bits per heavy atom. The van der Waals surface area contributed by atoms with E-state index in [1.54, 1.807) is 18.6 Å². The van der Waals surface area contributed by atoms with E-state index in [0.29, 0.717) is 5.13 Å². The first-order valence-corrected chi connectivity index (χ1v) is 6.76. The largest absolute Gasteiger partial charge is 0.374 e. The second-order valence-electron chi connectivity index (χ2n) is 4.03. The van der Waals surface area contributed by atoms with Crippen molar-refractivity contribution in [3.8, 4) is 10.6 Å². The van der Waals surface area contributed by atoms with E-state index in [0.717, 1.165) is 21.8 Å². The summed E-state index contributed by atoms with van der Waals surface area (Å²) in [6.07, 6.45) is 5.28. The number of pyridine rings is 1. The van der Waals surface area contributed by atoms with E-state index in [-0.39, 0.29) is 0 Å². The molecular formula is C14H11N5S. The Labute approximate surface area is 119 Å². The van der Waals surface area contributed by atoms with Crippen LogP contribution < -0.4 is 5.73 Å². The highest BCUT2D eigenvalue weighted by Crippen LogP contribution is 2.27. The van der Waals surface area contributed by atoms with E-state index in [2.05, 4.69) is 20.2 Å². The molecule has 0 saturated carbocycles. The zero-order valence-corrected chi connectivity index (χ0v) is 11.3. The van der Waals surface area contributed by atoms with Crippen LogP contribution in [0.3, 0.4) is 0 Å². The fourth-order valence-corrected chi connectivity index (χ4v) is 2.28. The van der Waals surface area contributed by atoms with Gasteiger partial charge in [-0.05, 0) is 29.8 Å². The smallest absolute Gasteiger partial charge is 0.203 e. The minimum absolute atomic E-state index is 0.464. The molecule has 0 saturated heterocycles. The number of anilines is 1. The van der Waals surface area contributed by atoms with E-state index in [9.17, 15) is 0 Å². The molecule has 3 rings (SSSR count). The summed E-state index contributed by atoms with van der Waals surface area (Å²) in [4.78, 5) is 8.41. The molecule has 6 heteroatoms. The van der Waals surface area contributed by atoms with Crippen LogP contribution >= 0.6 is 11.3 Å². The summed E-state index contributed by atoms with van der Waals surface area (Å²) >= 11 is 1.36. The number of hydrogen-bond donors (Lipinski definition) is 1. The zero-order valence-electron chi connectivity index (χ0n) is 10.5. The Kier molecular flexibility index (Phi) is 3.47. The van der Waals surface area contributed by atoms with Gasteiger partial charge < -0.3 is 5.73 Å². The van der Waals surface area contributed by atoms with E-state index < -0.39 is 0 Å². The van der Waals surface area contributed by atoms with E-state index in [1.807, 2.05) is 36.4 Å². The normalized spacial score (nSPS) is 11.0. The van der Waals surface area contributed by atoms with Crippen LogP contribution in [0.2, 0.25) is 0 Å². The minimum atomic E-state index is 0.464. The first kappa shape index (κ1) is 12.4. The molecule has 1 aromatic carbocycles. The minimum Gasteiger partial charge on any atom is -0.374 e. The van der Waals surface area contributed by atoms with Crippen molar-refractivity contribution >= 4 is 28.4 Å². The number of rotatable bonds is 3. The molecular weight excluding hydrogens is 270 g/mol. The fraction of sp³-hybridized carbons (Fsp3) is 0. The van der Waals surface area contributed by atoms with Crippen LogP contribution in [-0.4, -0.2) is 21.4 Å². The van der Waals surface area contributed by atoms with Gasteiger partial charge in [0.25, 0.3) is 0 Å². The molecule has 2 aromatic heterocycles. The Morgan fingerprint density at radius 2 is 1.95 bits per heavy atom. The molecule has 3 aromatic rings. The molecule has 0 amide bonds. The maximum absolute atomic E-state index is 5.60. The Balaban J connectivity index is 1.86. The van der Waals surface area contributed by atoms with Crippen LogP contribution in [0, 0.1) is 0 Å². The lowest BCUT2D eigenvalue weighted by Crippen LogP contribution is -1.81. The summed E-state index contributed by atoms with van der Waals surface area (Å²) in [5, 5.41) is 9.10. The molecule has 0 aliphatic rings. The molecule has 0 bridgehead atoms. The highest BCUT2D eigenvalue weighted by molar-refractivity contribution is 7.18. The average Bonchev–Trinajstić information content (AvgIpc) is 2.93. The van der Waals surface area contributed by atoms with Crippen molar-refractivity contribution in [2.45, 2.75) is 0 Å². The Morgan fingerprint density at radius 3 is 2.70 bits per heavy atom. The summed E-state index contributed by atoms with van der Waals surface area (Å²) in [5.41, 5.74) is 8.42. The Bertz CT molecular complexity index is 736. The third-order valence-corrected chi connectivity index (χ3v) is 3.40. The number of aromatic nitrogens is 3. The van der Waals surface area contributed by atoms with Gasteiger partial charge in [0.05, 0.1) is 5.69 Å². The summed E-state index contributed by atoms with van der Waals surface area (Å²) in [6.45, 7) is 0. The van der Waals surface area contributed by atoms with Crippen molar-refractivity contribution in [1.29, 1.82) is 0 Å². The van der Waals surface area contributed by atoms with E-state index >= 15 is 0 Å². The lowest BCUT2D eigenvalue weighted by Gasteiger charge is -1.97. The lowest BCUT2D eigenvalue weighted by atomic mass is 10.2. The molecule has 0 aliphatic carbocycles. The molecule has 5 nitrogen and oxygen atoms in total. The number of benzene rings is 1. The van der Waals surface area contributed by atoms with Crippen molar-refractivity contribution in [3.05, 3.63) is 54.4 Å². The molecule has 0 spiro atoms. The summed E-state index contributed by atoms with van der Waals surface area (Å²) in [7, 11) is 0. The first-order chi connectivity index (χ1) is 9.81. The molecule has 20 heavy (non-hydrogen) atoms. The van der Waals surface area contributed by atoms with Gasteiger partial charge in [-0.15, -0.1) is 10.2 Å². The average molecular weight is 281 g/mol. The van der Waals surface area contributed by atoms with Gasteiger partial charge >= 0.3 is 0 Å². The van der Waals surface area contributed by atoms with Crippen molar-refractivity contribution in [2.24, 2.45) is 4.99 Å².